The minimum atomic E-state index is -1.39. The molecule has 1 aromatic carbocycles. The molecule has 2 fully saturated rings. The summed E-state index contributed by atoms with van der Waals surface area (Å²) in [5.74, 6) is 0.282. The Labute approximate surface area is 292 Å². The Morgan fingerprint density at radius 2 is 1.53 bits per heavy atom. The quantitative estimate of drug-likeness (QED) is 0.0673. The summed E-state index contributed by atoms with van der Waals surface area (Å²) in [5, 5.41) is 54.7. The number of aliphatic hydroxyl groups excluding tert-OH is 4. The molecule has 51 heavy (non-hydrogen) atoms. The predicted molar refractivity (Wildman–Crippen MR) is 176 cm³/mol. The molecular formula is C29H33ClN12O9. The third-order valence-electron chi connectivity index (χ3n) is 8.92. The summed E-state index contributed by atoms with van der Waals surface area (Å²) in [6.45, 7) is -0.250. The van der Waals surface area contributed by atoms with Crippen molar-refractivity contribution < 1.29 is 39.6 Å². The van der Waals surface area contributed by atoms with Crippen LogP contribution in [0.5, 0.6) is 0 Å². The van der Waals surface area contributed by atoms with Crippen LogP contribution in [0.1, 0.15) is 18.0 Å². The van der Waals surface area contributed by atoms with Gasteiger partial charge in [0, 0.05) is 25.7 Å². The Balaban J connectivity index is 1.12. The zero-order valence-electron chi connectivity index (χ0n) is 26.5. The molecule has 0 spiro atoms. The fourth-order valence-corrected chi connectivity index (χ4v) is 6.54. The number of aliphatic hydroxyl groups is 4. The number of anilines is 2. The Kier molecular flexibility index (Phi) is 9.62. The van der Waals surface area contributed by atoms with Gasteiger partial charge in [-0.1, -0.05) is 17.7 Å². The molecule has 2 saturated heterocycles. The number of nitro benzene ring substituents is 1. The molecule has 6 heterocycles. The summed E-state index contributed by atoms with van der Waals surface area (Å²) in [7, 11) is 0. The molecule has 270 valence electrons. The standard InChI is InChI=1S/C29H33ClN12O9/c30-14-2-1-13(5-15(14)42(47)48)6-39(7-16-20(44)22(46)28(50-16)40-11-37-18-24(31)33-9-35-26(18)40)3-4-49-23-21(45)17(8-43)51-29(23)41-12-38-19-25(32)34-10-36-27(19)41/h1-2,5,9-12,16-17,20-23,28-29,43-46H,3-4,6-8H2,(H2,31,33,35)(H2,32,34,36)/t16-,17-,20-,21-,22-,23-,28-,29-/m1/s1. The normalized spacial score (nSPS) is 26.5. The third kappa shape index (κ3) is 6.50. The molecular weight excluding hydrogens is 696 g/mol. The van der Waals surface area contributed by atoms with E-state index in [2.05, 4.69) is 29.9 Å². The fourth-order valence-electron chi connectivity index (χ4n) is 6.36. The first-order chi connectivity index (χ1) is 24.5. The van der Waals surface area contributed by atoms with Crippen LogP contribution in [-0.4, -0.2) is 132 Å². The second kappa shape index (κ2) is 14.1. The van der Waals surface area contributed by atoms with Crippen LogP contribution in [0.4, 0.5) is 17.3 Å². The van der Waals surface area contributed by atoms with Gasteiger partial charge in [-0.25, -0.2) is 29.9 Å². The molecule has 4 aromatic heterocycles. The zero-order valence-corrected chi connectivity index (χ0v) is 27.3. The largest absolute Gasteiger partial charge is 0.394 e. The number of benzene rings is 1. The van der Waals surface area contributed by atoms with E-state index in [0.717, 1.165) is 0 Å². The van der Waals surface area contributed by atoms with Crippen molar-refractivity contribution in [2.45, 2.75) is 55.6 Å². The number of nitrogen functional groups attached to an aromatic ring is 2. The summed E-state index contributed by atoms with van der Waals surface area (Å²) in [6, 6.07) is 4.39. The summed E-state index contributed by atoms with van der Waals surface area (Å²) in [4.78, 5) is 37.6. The molecule has 5 aromatic rings. The van der Waals surface area contributed by atoms with Gasteiger partial charge in [-0.2, -0.15) is 0 Å². The first-order valence-electron chi connectivity index (χ1n) is 15.6. The lowest BCUT2D eigenvalue weighted by atomic mass is 10.1. The summed E-state index contributed by atoms with van der Waals surface area (Å²) in [5.41, 5.74) is 13.4. The number of hydrogen-bond donors (Lipinski definition) is 6. The second-order valence-corrected chi connectivity index (χ2v) is 12.5. The summed E-state index contributed by atoms with van der Waals surface area (Å²) in [6.07, 6.45) is -3.66. The van der Waals surface area contributed by atoms with E-state index in [1.807, 2.05) is 0 Å². The van der Waals surface area contributed by atoms with Crippen LogP contribution in [-0.2, 0) is 20.8 Å². The van der Waals surface area contributed by atoms with E-state index in [4.69, 9.17) is 37.3 Å². The van der Waals surface area contributed by atoms with Gasteiger partial charge in [0.1, 0.15) is 65.3 Å². The van der Waals surface area contributed by atoms with Crippen LogP contribution in [0.25, 0.3) is 22.3 Å². The maximum atomic E-state index is 11.6. The minimum Gasteiger partial charge on any atom is -0.394 e. The van der Waals surface area contributed by atoms with Crippen molar-refractivity contribution in [3.05, 3.63) is 64.2 Å². The van der Waals surface area contributed by atoms with E-state index < -0.39 is 60.6 Å². The zero-order chi connectivity index (χ0) is 36.0. The summed E-state index contributed by atoms with van der Waals surface area (Å²) < 4.78 is 21.3. The Bertz CT molecular complexity index is 2050. The lowest BCUT2D eigenvalue weighted by Gasteiger charge is -2.28. The van der Waals surface area contributed by atoms with Crippen molar-refractivity contribution in [1.29, 1.82) is 0 Å². The molecule has 2 aliphatic rings. The highest BCUT2D eigenvalue weighted by Gasteiger charge is 2.47. The van der Waals surface area contributed by atoms with Crippen LogP contribution in [0.2, 0.25) is 5.02 Å². The predicted octanol–water partition coefficient (Wildman–Crippen LogP) is -0.851. The van der Waals surface area contributed by atoms with Gasteiger partial charge >= 0.3 is 0 Å². The highest BCUT2D eigenvalue weighted by atomic mass is 35.5. The Morgan fingerprint density at radius 1 is 0.902 bits per heavy atom. The van der Waals surface area contributed by atoms with E-state index in [1.54, 1.807) is 11.0 Å². The number of halogens is 1. The van der Waals surface area contributed by atoms with Crippen molar-refractivity contribution in [3.8, 4) is 0 Å². The third-order valence-corrected chi connectivity index (χ3v) is 9.24. The molecule has 2 aliphatic heterocycles. The van der Waals surface area contributed by atoms with E-state index in [0.29, 0.717) is 27.9 Å². The van der Waals surface area contributed by atoms with Crippen LogP contribution in [0, 0.1) is 10.1 Å². The molecule has 0 aliphatic carbocycles. The van der Waals surface area contributed by atoms with Gasteiger partial charge in [0.25, 0.3) is 5.69 Å². The number of rotatable bonds is 12. The number of aromatic nitrogens is 8. The topological polar surface area (TPSA) is 294 Å². The van der Waals surface area contributed by atoms with Crippen molar-refractivity contribution in [2.24, 2.45) is 0 Å². The molecule has 0 bridgehead atoms. The number of nitrogens with two attached hydrogens (primary N) is 2. The fraction of sp³-hybridized carbons (Fsp3) is 0.448. The highest BCUT2D eigenvalue weighted by molar-refractivity contribution is 6.32. The SMILES string of the molecule is Nc1ncnc2c1ncn2[C@@H]1O[C@H](CN(CCO[C@@H]2[C@H](O)[C@@H](CO)O[C@H]2n2cnc3c(N)ncnc32)Cc2ccc(Cl)c([N+](=O)[O-])c2)[C@@H](O)[C@H]1O. The Hall–Kier alpha value is -4.71. The van der Waals surface area contributed by atoms with Gasteiger partial charge in [-0.05, 0) is 11.6 Å². The van der Waals surface area contributed by atoms with Gasteiger partial charge in [0.05, 0.1) is 30.8 Å². The number of hydrogen-bond acceptors (Lipinski definition) is 18. The van der Waals surface area contributed by atoms with E-state index in [1.165, 1.54) is 46.6 Å². The van der Waals surface area contributed by atoms with Crippen molar-refractivity contribution in [3.63, 3.8) is 0 Å². The van der Waals surface area contributed by atoms with Crippen molar-refractivity contribution in [2.75, 3.05) is 37.8 Å². The lowest BCUT2D eigenvalue weighted by Crippen LogP contribution is -2.42. The minimum absolute atomic E-state index is 0.0209. The molecule has 7 rings (SSSR count). The molecule has 8 atom stereocenters. The van der Waals surface area contributed by atoms with Gasteiger partial charge in [-0.15, -0.1) is 0 Å². The van der Waals surface area contributed by atoms with Crippen molar-refractivity contribution >= 4 is 51.3 Å². The smallest absolute Gasteiger partial charge is 0.288 e. The molecule has 0 radical (unpaired) electrons. The van der Waals surface area contributed by atoms with Crippen LogP contribution < -0.4 is 11.5 Å². The van der Waals surface area contributed by atoms with E-state index in [9.17, 15) is 30.5 Å². The molecule has 21 nitrogen and oxygen atoms in total. The number of ether oxygens (including phenoxy) is 3. The molecule has 0 amide bonds. The molecule has 0 unspecified atom stereocenters. The second-order valence-electron chi connectivity index (χ2n) is 12.1. The first kappa shape index (κ1) is 34.7. The number of imidazole rings is 2. The lowest BCUT2D eigenvalue weighted by molar-refractivity contribution is -0.384. The summed E-state index contributed by atoms with van der Waals surface area (Å²) >= 11 is 6.06. The average Bonchev–Trinajstić information content (AvgIpc) is 3.88. The van der Waals surface area contributed by atoms with Gasteiger partial charge < -0.3 is 46.1 Å². The molecule has 0 saturated carbocycles. The maximum absolute atomic E-state index is 11.6. The van der Waals surface area contributed by atoms with E-state index >= 15 is 0 Å². The highest BCUT2D eigenvalue weighted by Crippen LogP contribution is 2.35. The first-order valence-corrected chi connectivity index (χ1v) is 16.0. The molecule has 22 heteroatoms. The van der Waals surface area contributed by atoms with Gasteiger partial charge in [-0.3, -0.25) is 24.1 Å². The van der Waals surface area contributed by atoms with Crippen LogP contribution in [0.15, 0.2) is 43.5 Å². The Morgan fingerprint density at radius 3 is 2.16 bits per heavy atom. The van der Waals surface area contributed by atoms with Crippen molar-refractivity contribution in [1.82, 2.24) is 43.9 Å². The van der Waals surface area contributed by atoms with Crippen LogP contribution >= 0.6 is 11.6 Å². The van der Waals surface area contributed by atoms with Crippen LogP contribution in [0.3, 0.4) is 0 Å². The van der Waals surface area contributed by atoms with Gasteiger partial charge in [0.2, 0.25) is 0 Å². The average molecular weight is 729 g/mol. The number of nitro groups is 1. The number of nitrogens with zero attached hydrogens (tertiary/aromatic N) is 10. The van der Waals surface area contributed by atoms with Gasteiger partial charge in [0.15, 0.2) is 35.4 Å². The van der Waals surface area contributed by atoms with E-state index in [-0.39, 0.29) is 48.6 Å². The maximum Gasteiger partial charge on any atom is 0.288 e. The monoisotopic (exact) mass is 728 g/mol. The molecule has 8 N–H and O–H groups in total. The number of fused-ring (bicyclic) bond motifs is 2.